The van der Waals surface area contributed by atoms with E-state index in [1.54, 1.807) is 12.4 Å². The minimum absolute atomic E-state index is 0.0135. The Bertz CT molecular complexity index is 719. The van der Waals surface area contributed by atoms with Crippen molar-refractivity contribution in [1.29, 1.82) is 0 Å². The summed E-state index contributed by atoms with van der Waals surface area (Å²) in [7, 11) is 0. The van der Waals surface area contributed by atoms with Crippen LogP contribution in [0.4, 0.5) is 5.69 Å². The Morgan fingerprint density at radius 1 is 1.21 bits per heavy atom. The minimum Gasteiger partial charge on any atom is -0.367 e. The van der Waals surface area contributed by atoms with Gasteiger partial charge in [0.1, 0.15) is 0 Å². The van der Waals surface area contributed by atoms with Crippen LogP contribution in [0.15, 0.2) is 41.8 Å². The van der Waals surface area contributed by atoms with E-state index in [4.69, 9.17) is 0 Å². The van der Waals surface area contributed by atoms with Crippen LogP contribution in [0.1, 0.15) is 22.8 Å². The van der Waals surface area contributed by atoms with Crippen molar-refractivity contribution in [3.05, 3.63) is 47.8 Å². The number of benzene rings is 1. The second kappa shape index (κ2) is 7.21. The molecule has 0 saturated carbocycles. The van der Waals surface area contributed by atoms with Gasteiger partial charge in [-0.3, -0.25) is 4.79 Å². The molecule has 0 bridgehead atoms. The van der Waals surface area contributed by atoms with Gasteiger partial charge in [0.25, 0.3) is 5.91 Å². The molecule has 0 radical (unpaired) electrons. The van der Waals surface area contributed by atoms with Crippen LogP contribution < -0.4 is 4.90 Å². The predicted octanol–water partition coefficient (Wildman–Crippen LogP) is 2.86. The molecule has 1 fully saturated rings. The van der Waals surface area contributed by atoms with Gasteiger partial charge in [0.15, 0.2) is 5.16 Å². The van der Waals surface area contributed by atoms with Crippen molar-refractivity contribution in [3.8, 4) is 0 Å². The van der Waals surface area contributed by atoms with Gasteiger partial charge in [0.2, 0.25) is 0 Å². The second-order valence-corrected chi connectivity index (χ2v) is 6.81. The molecule has 3 rings (SSSR count). The molecule has 6 heteroatoms. The van der Waals surface area contributed by atoms with Crippen molar-refractivity contribution in [2.45, 2.75) is 25.0 Å². The maximum atomic E-state index is 12.7. The minimum atomic E-state index is 0.0135. The van der Waals surface area contributed by atoms with E-state index in [0.29, 0.717) is 17.3 Å². The third kappa shape index (κ3) is 3.38. The number of carbonyl (C=O) groups is 1. The van der Waals surface area contributed by atoms with Gasteiger partial charge in [-0.1, -0.05) is 30.0 Å². The number of nitrogens with zero attached hydrogens (tertiary/aromatic N) is 4. The normalized spacial score (nSPS) is 17.9. The number of anilines is 1. The molecule has 1 aliphatic rings. The topological polar surface area (TPSA) is 49.3 Å². The number of rotatable bonds is 3. The van der Waals surface area contributed by atoms with Crippen LogP contribution >= 0.6 is 11.8 Å². The first-order valence-electron chi connectivity index (χ1n) is 8.07. The Labute approximate surface area is 147 Å². The maximum absolute atomic E-state index is 12.7. The molecule has 0 unspecified atom stereocenters. The third-order valence-electron chi connectivity index (χ3n) is 4.40. The van der Waals surface area contributed by atoms with Crippen LogP contribution in [0.3, 0.4) is 0 Å². The Morgan fingerprint density at radius 2 is 1.92 bits per heavy atom. The van der Waals surface area contributed by atoms with Crippen molar-refractivity contribution in [1.82, 2.24) is 14.9 Å². The van der Waals surface area contributed by atoms with Crippen molar-refractivity contribution in [2.24, 2.45) is 0 Å². The van der Waals surface area contributed by atoms with Crippen molar-refractivity contribution in [2.75, 3.05) is 30.8 Å². The van der Waals surface area contributed by atoms with Gasteiger partial charge in [0.05, 0.1) is 5.56 Å². The number of piperazine rings is 1. The summed E-state index contributed by atoms with van der Waals surface area (Å²) in [5.41, 5.74) is 3.08. The highest BCUT2D eigenvalue weighted by molar-refractivity contribution is 7.98. The maximum Gasteiger partial charge on any atom is 0.257 e. The summed E-state index contributed by atoms with van der Waals surface area (Å²) in [5.74, 6) is 0.0135. The fourth-order valence-electron chi connectivity index (χ4n) is 3.09. The summed E-state index contributed by atoms with van der Waals surface area (Å²) < 4.78 is 0. The summed E-state index contributed by atoms with van der Waals surface area (Å²) >= 11 is 1.47. The molecule has 126 valence electrons. The van der Waals surface area contributed by atoms with E-state index < -0.39 is 0 Å². The van der Waals surface area contributed by atoms with Crippen LogP contribution in [-0.2, 0) is 0 Å². The lowest BCUT2D eigenvalue weighted by molar-refractivity contribution is 0.0673. The molecule has 2 aromatic rings. The smallest absolute Gasteiger partial charge is 0.257 e. The molecule has 1 aromatic heterocycles. The SMILES string of the molecule is CSc1ncc(C(=O)N2CCN(c3ccccc3C)C[C@H]2C)cn1. The number of hydrogen-bond donors (Lipinski definition) is 0. The Kier molecular flexibility index (Phi) is 5.04. The van der Waals surface area contributed by atoms with Crippen molar-refractivity contribution in [3.63, 3.8) is 0 Å². The highest BCUT2D eigenvalue weighted by Crippen LogP contribution is 2.23. The fraction of sp³-hybridized carbons (Fsp3) is 0.389. The number of amides is 1. The number of hydrogen-bond acceptors (Lipinski definition) is 5. The number of carbonyl (C=O) groups excluding carboxylic acids is 1. The molecular formula is C18H22N4OS. The van der Waals surface area contributed by atoms with Gasteiger partial charge in [-0.25, -0.2) is 9.97 Å². The zero-order valence-corrected chi connectivity index (χ0v) is 15.1. The quantitative estimate of drug-likeness (QED) is 0.634. The van der Waals surface area contributed by atoms with Crippen LogP contribution in [0.25, 0.3) is 0 Å². The molecule has 0 spiro atoms. The summed E-state index contributed by atoms with van der Waals surface area (Å²) in [4.78, 5) is 25.4. The summed E-state index contributed by atoms with van der Waals surface area (Å²) in [5, 5.41) is 0.684. The Balaban J connectivity index is 1.71. The van der Waals surface area contributed by atoms with Gasteiger partial charge < -0.3 is 9.80 Å². The van der Waals surface area contributed by atoms with E-state index in [9.17, 15) is 4.79 Å². The third-order valence-corrected chi connectivity index (χ3v) is 4.98. The molecule has 0 N–H and O–H groups in total. The second-order valence-electron chi connectivity index (χ2n) is 6.04. The predicted molar refractivity (Wildman–Crippen MR) is 97.7 cm³/mol. The van der Waals surface area contributed by atoms with E-state index in [1.165, 1.54) is 23.0 Å². The summed E-state index contributed by atoms with van der Waals surface area (Å²) in [6, 6.07) is 8.54. The standard InChI is InChI=1S/C18H22N4OS/c1-13-6-4-5-7-16(13)21-8-9-22(14(2)12-21)17(23)15-10-19-18(24-3)20-11-15/h4-7,10-11,14H,8-9,12H2,1-3H3/t14-/m1/s1. The first kappa shape index (κ1) is 16.8. The number of para-hydroxylation sites is 1. The van der Waals surface area contributed by atoms with Crippen LogP contribution in [0.5, 0.6) is 0 Å². The van der Waals surface area contributed by atoms with Crippen LogP contribution in [-0.4, -0.2) is 52.7 Å². The number of aromatic nitrogens is 2. The molecule has 2 heterocycles. The molecule has 5 nitrogen and oxygen atoms in total. The highest BCUT2D eigenvalue weighted by Gasteiger charge is 2.29. The van der Waals surface area contributed by atoms with Crippen LogP contribution in [0, 0.1) is 6.92 Å². The monoisotopic (exact) mass is 342 g/mol. The Morgan fingerprint density at radius 3 is 2.54 bits per heavy atom. The van der Waals surface area contributed by atoms with Crippen molar-refractivity contribution < 1.29 is 4.79 Å². The summed E-state index contributed by atoms with van der Waals surface area (Å²) in [6.07, 6.45) is 5.17. The van der Waals surface area contributed by atoms with Gasteiger partial charge in [-0.15, -0.1) is 0 Å². The van der Waals surface area contributed by atoms with E-state index in [2.05, 4.69) is 53.0 Å². The molecule has 1 aromatic carbocycles. The van der Waals surface area contributed by atoms with E-state index in [1.807, 2.05) is 11.2 Å². The highest BCUT2D eigenvalue weighted by atomic mass is 32.2. The molecule has 1 amide bonds. The van der Waals surface area contributed by atoms with Crippen molar-refractivity contribution >= 4 is 23.4 Å². The van der Waals surface area contributed by atoms with E-state index >= 15 is 0 Å². The number of aryl methyl sites for hydroxylation is 1. The van der Waals surface area contributed by atoms with E-state index in [0.717, 1.165) is 13.1 Å². The average Bonchev–Trinajstić information content (AvgIpc) is 2.61. The first-order chi connectivity index (χ1) is 11.6. The molecule has 0 aliphatic carbocycles. The first-order valence-corrected chi connectivity index (χ1v) is 9.30. The largest absolute Gasteiger partial charge is 0.367 e. The van der Waals surface area contributed by atoms with Gasteiger partial charge >= 0.3 is 0 Å². The molecular weight excluding hydrogens is 320 g/mol. The lowest BCUT2D eigenvalue weighted by atomic mass is 10.1. The van der Waals surface area contributed by atoms with Crippen LogP contribution in [0.2, 0.25) is 0 Å². The summed E-state index contributed by atoms with van der Waals surface area (Å²) in [6.45, 7) is 6.60. The Hall–Kier alpha value is -2.08. The molecule has 1 aliphatic heterocycles. The molecule has 1 atom stereocenters. The lowest BCUT2D eigenvalue weighted by Gasteiger charge is -2.41. The zero-order valence-electron chi connectivity index (χ0n) is 14.3. The van der Waals surface area contributed by atoms with Gasteiger partial charge in [-0.05, 0) is 31.7 Å². The molecule has 24 heavy (non-hydrogen) atoms. The molecule has 1 saturated heterocycles. The fourth-order valence-corrected chi connectivity index (χ4v) is 3.41. The average molecular weight is 342 g/mol. The van der Waals surface area contributed by atoms with Gasteiger partial charge in [-0.2, -0.15) is 0 Å². The van der Waals surface area contributed by atoms with Gasteiger partial charge in [0, 0.05) is 43.8 Å². The lowest BCUT2D eigenvalue weighted by Crippen LogP contribution is -2.54. The number of thioether (sulfide) groups is 1. The zero-order chi connectivity index (χ0) is 17.1. The van der Waals surface area contributed by atoms with E-state index in [-0.39, 0.29) is 11.9 Å².